The van der Waals surface area contributed by atoms with E-state index in [1.807, 2.05) is 30.3 Å². The highest BCUT2D eigenvalue weighted by atomic mass is 16.4. The van der Waals surface area contributed by atoms with Crippen LogP contribution in [0.4, 0.5) is 5.69 Å². The first-order chi connectivity index (χ1) is 9.61. The van der Waals surface area contributed by atoms with E-state index in [1.54, 1.807) is 0 Å². The number of hydrogen-bond acceptors (Lipinski definition) is 2. The Bertz CT molecular complexity index is 417. The molecular weight excluding hydrogens is 254 g/mol. The van der Waals surface area contributed by atoms with Crippen LogP contribution in [0.25, 0.3) is 0 Å². The highest BCUT2D eigenvalue weighted by molar-refractivity contribution is 5.91. The van der Waals surface area contributed by atoms with Crippen molar-refractivity contribution in [2.45, 2.75) is 45.4 Å². The van der Waals surface area contributed by atoms with Gasteiger partial charge in [-0.1, -0.05) is 44.4 Å². The van der Waals surface area contributed by atoms with Gasteiger partial charge in [-0.15, -0.1) is 0 Å². The van der Waals surface area contributed by atoms with E-state index in [0.29, 0.717) is 0 Å². The molecule has 1 aromatic carbocycles. The third-order valence-electron chi connectivity index (χ3n) is 3.21. The summed E-state index contributed by atoms with van der Waals surface area (Å²) in [5.74, 6) is -1.03. The first-order valence-corrected chi connectivity index (χ1v) is 7.18. The number of para-hydroxylation sites is 1. The van der Waals surface area contributed by atoms with Crippen molar-refractivity contribution in [3.8, 4) is 0 Å². The fraction of sp³-hybridized carbons (Fsp3) is 0.500. The van der Waals surface area contributed by atoms with Crippen LogP contribution < -0.4 is 5.32 Å². The van der Waals surface area contributed by atoms with Crippen LogP contribution in [0.2, 0.25) is 0 Å². The van der Waals surface area contributed by atoms with Crippen molar-refractivity contribution < 1.29 is 14.7 Å². The molecule has 4 nitrogen and oxygen atoms in total. The molecule has 0 heterocycles. The molecule has 1 atom stereocenters. The number of hydrogen-bond donors (Lipinski definition) is 2. The Hall–Kier alpha value is -1.84. The fourth-order valence-electron chi connectivity index (χ4n) is 2.20. The molecule has 20 heavy (non-hydrogen) atoms. The minimum Gasteiger partial charge on any atom is -0.481 e. The summed E-state index contributed by atoms with van der Waals surface area (Å²) in [4.78, 5) is 22.8. The van der Waals surface area contributed by atoms with Crippen molar-refractivity contribution in [2.75, 3.05) is 5.32 Å². The maximum absolute atomic E-state index is 11.9. The standard InChI is InChI=1S/C16H23NO3/c1-2-3-5-8-13(12-16(19)20)11-15(18)17-14-9-6-4-7-10-14/h4,6-7,9-10,13H,2-3,5,8,11-12H2,1H3,(H,17,18)(H,19,20). The van der Waals surface area contributed by atoms with Crippen LogP contribution in [0.3, 0.4) is 0 Å². The van der Waals surface area contributed by atoms with Gasteiger partial charge in [0.1, 0.15) is 0 Å². The zero-order valence-corrected chi connectivity index (χ0v) is 12.0. The largest absolute Gasteiger partial charge is 0.481 e. The van der Waals surface area contributed by atoms with E-state index >= 15 is 0 Å². The molecule has 0 saturated heterocycles. The number of amides is 1. The third kappa shape index (κ3) is 6.92. The smallest absolute Gasteiger partial charge is 0.303 e. The summed E-state index contributed by atoms with van der Waals surface area (Å²) in [6.45, 7) is 2.11. The number of carboxylic acid groups (broad SMARTS) is 1. The quantitative estimate of drug-likeness (QED) is 0.676. The van der Waals surface area contributed by atoms with Gasteiger partial charge in [-0.3, -0.25) is 9.59 Å². The molecule has 0 aliphatic rings. The topological polar surface area (TPSA) is 66.4 Å². The van der Waals surface area contributed by atoms with Gasteiger partial charge in [0.15, 0.2) is 0 Å². The van der Waals surface area contributed by atoms with E-state index in [9.17, 15) is 9.59 Å². The van der Waals surface area contributed by atoms with E-state index in [4.69, 9.17) is 5.11 Å². The SMILES string of the molecule is CCCCCC(CC(=O)O)CC(=O)Nc1ccccc1. The van der Waals surface area contributed by atoms with Gasteiger partial charge in [-0.25, -0.2) is 0 Å². The minimum atomic E-state index is -0.834. The maximum atomic E-state index is 11.9. The summed E-state index contributed by atoms with van der Waals surface area (Å²) >= 11 is 0. The number of aliphatic carboxylic acids is 1. The molecule has 0 aliphatic carbocycles. The van der Waals surface area contributed by atoms with Crippen LogP contribution in [0.15, 0.2) is 30.3 Å². The number of carbonyl (C=O) groups excluding carboxylic acids is 1. The first-order valence-electron chi connectivity index (χ1n) is 7.18. The number of rotatable bonds is 9. The molecule has 1 rings (SSSR count). The second-order valence-electron chi connectivity index (χ2n) is 5.08. The number of carbonyl (C=O) groups is 2. The Balaban J connectivity index is 2.46. The summed E-state index contributed by atoms with van der Waals surface area (Å²) in [5.41, 5.74) is 0.750. The summed E-state index contributed by atoms with van der Waals surface area (Å²) in [6.07, 6.45) is 4.28. The highest BCUT2D eigenvalue weighted by Crippen LogP contribution is 2.19. The molecule has 0 saturated carbocycles. The van der Waals surface area contributed by atoms with Gasteiger partial charge >= 0.3 is 5.97 Å². The zero-order chi connectivity index (χ0) is 14.8. The molecule has 0 radical (unpaired) electrons. The van der Waals surface area contributed by atoms with Crippen molar-refractivity contribution in [1.29, 1.82) is 0 Å². The molecule has 0 spiro atoms. The number of anilines is 1. The molecule has 1 aromatic rings. The van der Waals surface area contributed by atoms with Crippen LogP contribution in [-0.2, 0) is 9.59 Å². The Kier molecular flexibility index (Phi) is 7.40. The Morgan fingerprint density at radius 2 is 1.85 bits per heavy atom. The van der Waals surface area contributed by atoms with Gasteiger partial charge in [0.2, 0.25) is 5.91 Å². The summed E-state index contributed by atoms with van der Waals surface area (Å²) in [5, 5.41) is 11.7. The van der Waals surface area contributed by atoms with Crippen LogP contribution >= 0.6 is 0 Å². The van der Waals surface area contributed by atoms with E-state index in [0.717, 1.165) is 31.4 Å². The van der Waals surface area contributed by atoms with Crippen LogP contribution in [0.5, 0.6) is 0 Å². The summed E-state index contributed by atoms with van der Waals surface area (Å²) in [6, 6.07) is 9.23. The van der Waals surface area contributed by atoms with E-state index in [-0.39, 0.29) is 24.7 Å². The monoisotopic (exact) mass is 277 g/mol. The van der Waals surface area contributed by atoms with Gasteiger partial charge in [-0.2, -0.15) is 0 Å². The van der Waals surface area contributed by atoms with Gasteiger partial charge in [0, 0.05) is 18.5 Å². The molecule has 0 bridgehead atoms. The average Bonchev–Trinajstić information content (AvgIpc) is 2.39. The Morgan fingerprint density at radius 1 is 1.15 bits per heavy atom. The lowest BCUT2D eigenvalue weighted by Crippen LogP contribution is -2.18. The number of nitrogens with one attached hydrogen (secondary N) is 1. The van der Waals surface area contributed by atoms with Crippen LogP contribution in [0, 0.1) is 5.92 Å². The Labute approximate surface area is 120 Å². The van der Waals surface area contributed by atoms with E-state index < -0.39 is 5.97 Å². The minimum absolute atomic E-state index is 0.0614. The first kappa shape index (κ1) is 16.2. The maximum Gasteiger partial charge on any atom is 0.303 e. The average molecular weight is 277 g/mol. The van der Waals surface area contributed by atoms with Gasteiger partial charge in [0.25, 0.3) is 0 Å². The highest BCUT2D eigenvalue weighted by Gasteiger charge is 2.17. The molecule has 110 valence electrons. The lowest BCUT2D eigenvalue weighted by atomic mass is 9.94. The van der Waals surface area contributed by atoms with Crippen molar-refractivity contribution >= 4 is 17.6 Å². The molecular formula is C16H23NO3. The van der Waals surface area contributed by atoms with Crippen molar-refractivity contribution in [2.24, 2.45) is 5.92 Å². The van der Waals surface area contributed by atoms with Crippen molar-refractivity contribution in [3.63, 3.8) is 0 Å². The van der Waals surface area contributed by atoms with Crippen molar-refractivity contribution in [1.82, 2.24) is 0 Å². The zero-order valence-electron chi connectivity index (χ0n) is 12.0. The van der Waals surface area contributed by atoms with Crippen molar-refractivity contribution in [3.05, 3.63) is 30.3 Å². The van der Waals surface area contributed by atoms with E-state index in [1.165, 1.54) is 0 Å². The molecule has 4 heteroatoms. The normalized spacial score (nSPS) is 11.8. The molecule has 0 aliphatic heterocycles. The Morgan fingerprint density at radius 3 is 2.45 bits per heavy atom. The number of unbranched alkanes of at least 4 members (excludes halogenated alkanes) is 2. The predicted octanol–water partition coefficient (Wildman–Crippen LogP) is 3.69. The molecule has 1 amide bonds. The van der Waals surface area contributed by atoms with Gasteiger partial charge < -0.3 is 10.4 Å². The third-order valence-corrected chi connectivity index (χ3v) is 3.21. The van der Waals surface area contributed by atoms with Gasteiger partial charge in [-0.05, 0) is 24.5 Å². The van der Waals surface area contributed by atoms with Crippen LogP contribution in [0.1, 0.15) is 45.4 Å². The second kappa shape index (κ2) is 9.13. The summed E-state index contributed by atoms with van der Waals surface area (Å²) < 4.78 is 0. The van der Waals surface area contributed by atoms with E-state index in [2.05, 4.69) is 12.2 Å². The van der Waals surface area contributed by atoms with Gasteiger partial charge in [0.05, 0.1) is 0 Å². The van der Waals surface area contributed by atoms with Crippen LogP contribution in [-0.4, -0.2) is 17.0 Å². The molecule has 2 N–H and O–H groups in total. The lowest BCUT2D eigenvalue weighted by Gasteiger charge is -2.14. The molecule has 0 aromatic heterocycles. The predicted molar refractivity (Wildman–Crippen MR) is 79.6 cm³/mol. The number of carboxylic acids is 1. The lowest BCUT2D eigenvalue weighted by molar-refractivity contribution is -0.138. The second-order valence-corrected chi connectivity index (χ2v) is 5.08. The fourth-order valence-corrected chi connectivity index (χ4v) is 2.20. The molecule has 1 unspecified atom stereocenters. The number of benzene rings is 1. The molecule has 0 fully saturated rings. The summed E-state index contributed by atoms with van der Waals surface area (Å²) in [7, 11) is 0.